The quantitative estimate of drug-likeness (QED) is 0.597. The number of carbonyl (C=O) groups excluding carboxylic acids is 2. The molecule has 0 radical (unpaired) electrons. The van der Waals surface area contributed by atoms with Gasteiger partial charge in [-0.05, 0) is 31.5 Å². The molecule has 3 rings (SSSR count). The van der Waals surface area contributed by atoms with Gasteiger partial charge in [0.15, 0.2) is 0 Å². The summed E-state index contributed by atoms with van der Waals surface area (Å²) in [5, 5.41) is 3.20. The first-order valence-corrected chi connectivity index (χ1v) is 9.64. The number of amides is 1. The van der Waals surface area contributed by atoms with E-state index in [0.717, 1.165) is 11.1 Å². The molecule has 0 bridgehead atoms. The van der Waals surface area contributed by atoms with E-state index < -0.39 is 17.9 Å². The molecule has 0 unspecified atom stereocenters. The van der Waals surface area contributed by atoms with E-state index >= 15 is 0 Å². The van der Waals surface area contributed by atoms with Gasteiger partial charge in [-0.2, -0.15) is 0 Å². The van der Waals surface area contributed by atoms with Crippen LogP contribution in [0.25, 0.3) is 11.1 Å². The summed E-state index contributed by atoms with van der Waals surface area (Å²) in [4.78, 5) is 29.2. The number of esters is 1. The van der Waals surface area contributed by atoms with E-state index in [2.05, 4.69) is 10.3 Å². The summed E-state index contributed by atoms with van der Waals surface area (Å²) in [7, 11) is 0. The van der Waals surface area contributed by atoms with Gasteiger partial charge in [-0.1, -0.05) is 48.0 Å². The lowest BCUT2D eigenvalue weighted by Gasteiger charge is -2.20. The van der Waals surface area contributed by atoms with Gasteiger partial charge in [0.05, 0.1) is 19.0 Å². The molecule has 3 aromatic rings. The number of hydrogen-bond donors (Lipinski definition) is 1. The van der Waals surface area contributed by atoms with E-state index in [4.69, 9.17) is 16.3 Å². The van der Waals surface area contributed by atoms with Crippen molar-refractivity contribution in [1.82, 2.24) is 14.9 Å². The van der Waals surface area contributed by atoms with Crippen molar-refractivity contribution in [3.05, 3.63) is 77.8 Å². The van der Waals surface area contributed by atoms with Gasteiger partial charge in [0.1, 0.15) is 6.04 Å². The van der Waals surface area contributed by atoms with Gasteiger partial charge in [0.2, 0.25) is 0 Å². The first kappa shape index (κ1) is 20.6. The van der Waals surface area contributed by atoms with Gasteiger partial charge in [-0.15, -0.1) is 0 Å². The van der Waals surface area contributed by atoms with Crippen LogP contribution < -0.4 is 5.32 Å². The number of benzene rings is 2. The average Bonchev–Trinajstić information content (AvgIpc) is 3.20. The molecule has 0 aliphatic heterocycles. The van der Waals surface area contributed by atoms with Crippen molar-refractivity contribution in [1.29, 1.82) is 0 Å². The monoisotopic (exact) mass is 411 g/mol. The van der Waals surface area contributed by atoms with E-state index in [1.807, 2.05) is 30.3 Å². The third-order valence-corrected chi connectivity index (χ3v) is 4.52. The Morgan fingerprint density at radius 3 is 2.55 bits per heavy atom. The molecule has 1 amide bonds. The number of ether oxygens (including phenoxy) is 1. The van der Waals surface area contributed by atoms with Crippen LogP contribution in [0.1, 0.15) is 24.2 Å². The van der Waals surface area contributed by atoms with Crippen LogP contribution in [0.15, 0.2) is 67.3 Å². The first-order valence-electron chi connectivity index (χ1n) is 9.26. The molecule has 29 heavy (non-hydrogen) atoms. The highest BCUT2D eigenvalue weighted by Crippen LogP contribution is 2.28. The van der Waals surface area contributed by atoms with Gasteiger partial charge < -0.3 is 14.6 Å². The molecule has 0 saturated carbocycles. The minimum Gasteiger partial charge on any atom is -0.461 e. The van der Waals surface area contributed by atoms with Crippen molar-refractivity contribution in [2.45, 2.75) is 32.5 Å². The molecule has 0 spiro atoms. The molecule has 1 atom stereocenters. The SMILES string of the molecule is CC(C)OC(=O)[C@H](Cn1ccnc1)NC(=O)c1ccc(-c2ccccc2)c(Cl)c1. The lowest BCUT2D eigenvalue weighted by molar-refractivity contribution is -0.150. The highest BCUT2D eigenvalue weighted by atomic mass is 35.5. The topological polar surface area (TPSA) is 73.2 Å². The van der Waals surface area contributed by atoms with Crippen LogP contribution >= 0.6 is 11.6 Å². The smallest absolute Gasteiger partial charge is 0.330 e. The van der Waals surface area contributed by atoms with Crippen molar-refractivity contribution < 1.29 is 14.3 Å². The second kappa shape index (κ2) is 9.39. The third-order valence-electron chi connectivity index (χ3n) is 4.21. The Morgan fingerprint density at radius 1 is 1.17 bits per heavy atom. The molecule has 1 N–H and O–H groups in total. The standard InChI is InChI=1S/C22H22ClN3O3/c1-15(2)29-22(28)20(13-26-11-10-24-14-26)25-21(27)17-8-9-18(19(23)12-17)16-6-4-3-5-7-16/h3-12,14-15,20H,13H2,1-2H3,(H,25,27)/t20-/m0/s1. The Hall–Kier alpha value is -3.12. The highest BCUT2D eigenvalue weighted by molar-refractivity contribution is 6.33. The Labute approximate surface area is 174 Å². The molecular formula is C22H22ClN3O3. The fourth-order valence-corrected chi connectivity index (χ4v) is 3.14. The lowest BCUT2D eigenvalue weighted by Crippen LogP contribution is -2.45. The second-order valence-electron chi connectivity index (χ2n) is 6.83. The van der Waals surface area contributed by atoms with Gasteiger partial charge in [0.25, 0.3) is 5.91 Å². The van der Waals surface area contributed by atoms with E-state index in [0.29, 0.717) is 10.6 Å². The minimum absolute atomic E-state index is 0.215. The van der Waals surface area contributed by atoms with Crippen LogP contribution in [0.4, 0.5) is 0 Å². The van der Waals surface area contributed by atoms with Crippen molar-refractivity contribution in [3.63, 3.8) is 0 Å². The predicted octanol–water partition coefficient (Wildman–Crippen LogP) is 3.95. The average molecular weight is 412 g/mol. The molecular weight excluding hydrogens is 390 g/mol. The number of nitrogens with zero attached hydrogens (tertiary/aromatic N) is 2. The van der Waals surface area contributed by atoms with E-state index in [1.165, 1.54) is 0 Å². The van der Waals surface area contributed by atoms with Crippen LogP contribution in [0.5, 0.6) is 0 Å². The fourth-order valence-electron chi connectivity index (χ4n) is 2.85. The zero-order valence-corrected chi connectivity index (χ0v) is 17.0. The minimum atomic E-state index is -0.855. The van der Waals surface area contributed by atoms with Gasteiger partial charge >= 0.3 is 5.97 Å². The van der Waals surface area contributed by atoms with Crippen molar-refractivity contribution >= 4 is 23.5 Å². The number of aromatic nitrogens is 2. The summed E-state index contributed by atoms with van der Waals surface area (Å²) in [6, 6.07) is 13.9. The molecule has 0 aliphatic rings. The van der Waals surface area contributed by atoms with Crippen LogP contribution in [-0.2, 0) is 16.1 Å². The number of rotatable bonds is 7. The van der Waals surface area contributed by atoms with Crippen LogP contribution in [-0.4, -0.2) is 33.6 Å². The maximum atomic E-state index is 12.8. The van der Waals surface area contributed by atoms with Crippen molar-refractivity contribution in [2.75, 3.05) is 0 Å². The Morgan fingerprint density at radius 2 is 1.93 bits per heavy atom. The van der Waals surface area contributed by atoms with Gasteiger partial charge in [0, 0.05) is 28.5 Å². The predicted molar refractivity (Wildman–Crippen MR) is 112 cm³/mol. The molecule has 1 aromatic heterocycles. The number of carbonyl (C=O) groups is 2. The van der Waals surface area contributed by atoms with Crippen LogP contribution in [0.3, 0.4) is 0 Å². The van der Waals surface area contributed by atoms with Crippen molar-refractivity contribution in [3.8, 4) is 11.1 Å². The maximum Gasteiger partial charge on any atom is 0.330 e. The zero-order valence-electron chi connectivity index (χ0n) is 16.2. The second-order valence-corrected chi connectivity index (χ2v) is 7.24. The number of hydrogen-bond acceptors (Lipinski definition) is 4. The molecule has 7 heteroatoms. The Kier molecular flexibility index (Phi) is 6.67. The van der Waals surface area contributed by atoms with Crippen LogP contribution in [0.2, 0.25) is 5.02 Å². The lowest BCUT2D eigenvalue weighted by atomic mass is 10.0. The normalized spacial score (nSPS) is 11.9. The summed E-state index contributed by atoms with van der Waals surface area (Å²) in [5.41, 5.74) is 2.16. The Balaban J connectivity index is 1.78. The highest BCUT2D eigenvalue weighted by Gasteiger charge is 2.24. The summed E-state index contributed by atoms with van der Waals surface area (Å²) in [6.07, 6.45) is 4.61. The molecule has 0 aliphatic carbocycles. The summed E-state index contributed by atoms with van der Waals surface area (Å²) in [6.45, 7) is 3.74. The Bertz CT molecular complexity index is 972. The number of imidazole rings is 1. The molecule has 0 fully saturated rings. The zero-order chi connectivity index (χ0) is 20.8. The number of nitrogens with one attached hydrogen (secondary N) is 1. The largest absolute Gasteiger partial charge is 0.461 e. The fraction of sp³-hybridized carbons (Fsp3) is 0.227. The maximum absolute atomic E-state index is 12.8. The molecule has 150 valence electrons. The summed E-state index contributed by atoms with van der Waals surface area (Å²) < 4.78 is 6.99. The molecule has 6 nitrogen and oxygen atoms in total. The molecule has 0 saturated heterocycles. The molecule has 2 aromatic carbocycles. The first-order chi connectivity index (χ1) is 13.9. The van der Waals surface area contributed by atoms with Crippen LogP contribution in [0, 0.1) is 0 Å². The van der Waals surface area contributed by atoms with E-state index in [-0.39, 0.29) is 12.6 Å². The van der Waals surface area contributed by atoms with E-state index in [1.54, 1.807) is 55.3 Å². The summed E-state index contributed by atoms with van der Waals surface area (Å²) in [5.74, 6) is -0.911. The van der Waals surface area contributed by atoms with Gasteiger partial charge in [-0.25, -0.2) is 9.78 Å². The van der Waals surface area contributed by atoms with E-state index in [9.17, 15) is 9.59 Å². The molecule has 1 heterocycles. The van der Waals surface area contributed by atoms with Gasteiger partial charge in [-0.3, -0.25) is 4.79 Å². The van der Waals surface area contributed by atoms with Crippen molar-refractivity contribution in [2.24, 2.45) is 0 Å². The summed E-state index contributed by atoms with van der Waals surface area (Å²) >= 11 is 6.41. The third kappa shape index (κ3) is 5.45. The number of halogens is 1.